The number of aliphatic hydroxyl groups is 1. The van der Waals surface area contributed by atoms with E-state index >= 15 is 0 Å². The highest BCUT2D eigenvalue weighted by Crippen LogP contribution is 2.26. The molecular weight excluding hydrogens is 537 g/mol. The predicted octanol–water partition coefficient (Wildman–Crippen LogP) is 1.62. The van der Waals surface area contributed by atoms with Crippen LogP contribution in [0.25, 0.3) is 0 Å². The summed E-state index contributed by atoms with van der Waals surface area (Å²) in [5, 5.41) is 26.0. The second kappa shape index (κ2) is 12.7. The van der Waals surface area contributed by atoms with Crippen LogP contribution in [0.4, 0.5) is 0 Å². The van der Waals surface area contributed by atoms with E-state index in [-0.39, 0.29) is 24.0 Å². The number of aliphatic imine (C=N–C) groups is 1. The summed E-state index contributed by atoms with van der Waals surface area (Å²) in [5.41, 5.74) is -0.322. The molecule has 1 fully saturated rings. The molecule has 11 heteroatoms. The number of ether oxygens (including phenoxy) is 1. The molecule has 3 rings (SSSR count). The summed E-state index contributed by atoms with van der Waals surface area (Å²) in [4.78, 5) is 7.09. The van der Waals surface area contributed by atoms with E-state index in [1.54, 1.807) is 6.92 Å². The highest BCUT2D eigenvalue weighted by atomic mass is 127. The van der Waals surface area contributed by atoms with Crippen LogP contribution in [0.1, 0.15) is 42.1 Å². The maximum atomic E-state index is 11.1. The topological polar surface area (TPSA) is 113 Å². The van der Waals surface area contributed by atoms with Crippen molar-refractivity contribution >= 4 is 29.9 Å². The molecule has 0 radical (unpaired) electrons. The van der Waals surface area contributed by atoms with Gasteiger partial charge in [-0.05, 0) is 46.7 Å². The van der Waals surface area contributed by atoms with Gasteiger partial charge in [0.15, 0.2) is 11.8 Å². The van der Waals surface area contributed by atoms with Crippen molar-refractivity contribution in [3.05, 3.63) is 34.8 Å². The molecule has 10 nitrogen and oxygen atoms in total. The summed E-state index contributed by atoms with van der Waals surface area (Å²) in [5.74, 6) is 3.76. The summed E-state index contributed by atoms with van der Waals surface area (Å²) in [6, 6.07) is 1.88. The SMILES string of the molecule is Cc1cc(C(C)(O)CNC(=NCc2nnc(C)n2C)NCCCN2CCOCC2)c(C)o1.I. The lowest BCUT2D eigenvalue weighted by Crippen LogP contribution is -2.45. The predicted molar refractivity (Wildman–Crippen MR) is 138 cm³/mol. The Morgan fingerprint density at radius 2 is 1.94 bits per heavy atom. The lowest BCUT2D eigenvalue weighted by atomic mass is 9.96. The molecule has 0 aromatic carbocycles. The van der Waals surface area contributed by atoms with Gasteiger partial charge in [0, 0.05) is 32.2 Å². The summed E-state index contributed by atoms with van der Waals surface area (Å²) in [7, 11) is 1.93. The molecule has 0 bridgehead atoms. The minimum atomic E-state index is -1.10. The molecule has 0 amide bonds. The Morgan fingerprint density at radius 3 is 2.55 bits per heavy atom. The monoisotopic (exact) mass is 575 g/mol. The van der Waals surface area contributed by atoms with Gasteiger partial charge in [-0.15, -0.1) is 34.2 Å². The molecule has 1 aliphatic rings. The first kappa shape index (κ1) is 27.5. The van der Waals surface area contributed by atoms with Crippen LogP contribution >= 0.6 is 24.0 Å². The number of guanidine groups is 1. The van der Waals surface area contributed by atoms with Crippen molar-refractivity contribution < 1.29 is 14.3 Å². The molecule has 2 aromatic rings. The molecule has 3 heterocycles. The second-order valence-electron chi connectivity index (χ2n) is 8.58. The largest absolute Gasteiger partial charge is 0.466 e. The maximum Gasteiger partial charge on any atom is 0.191 e. The van der Waals surface area contributed by atoms with Gasteiger partial charge in [-0.3, -0.25) is 4.90 Å². The van der Waals surface area contributed by atoms with Gasteiger partial charge in [-0.25, -0.2) is 4.99 Å². The van der Waals surface area contributed by atoms with Crippen molar-refractivity contribution in [2.24, 2.45) is 12.0 Å². The van der Waals surface area contributed by atoms with E-state index in [0.29, 0.717) is 19.0 Å². The molecule has 186 valence electrons. The van der Waals surface area contributed by atoms with Crippen molar-refractivity contribution in [3.63, 3.8) is 0 Å². The van der Waals surface area contributed by atoms with E-state index < -0.39 is 5.60 Å². The number of aryl methyl sites for hydroxylation is 3. The van der Waals surface area contributed by atoms with Gasteiger partial charge < -0.3 is 29.5 Å². The quantitative estimate of drug-likeness (QED) is 0.179. The fourth-order valence-corrected chi connectivity index (χ4v) is 3.76. The van der Waals surface area contributed by atoms with Crippen molar-refractivity contribution in [3.8, 4) is 0 Å². The minimum absolute atomic E-state index is 0. The van der Waals surface area contributed by atoms with E-state index in [2.05, 4.69) is 30.7 Å². The molecule has 1 unspecified atom stereocenters. The molecule has 1 aliphatic heterocycles. The number of morpholine rings is 1. The fraction of sp³-hybridized carbons (Fsp3) is 0.682. The zero-order valence-corrected chi connectivity index (χ0v) is 22.7. The van der Waals surface area contributed by atoms with Crippen LogP contribution in [0.3, 0.4) is 0 Å². The van der Waals surface area contributed by atoms with Crippen LogP contribution < -0.4 is 10.6 Å². The number of halogens is 1. The third-order valence-corrected chi connectivity index (χ3v) is 5.83. The lowest BCUT2D eigenvalue weighted by Gasteiger charge is -2.27. The first-order valence-electron chi connectivity index (χ1n) is 11.2. The average Bonchev–Trinajstić information content (AvgIpc) is 3.28. The number of hydrogen-bond donors (Lipinski definition) is 3. The molecule has 0 aliphatic carbocycles. The maximum absolute atomic E-state index is 11.1. The zero-order chi connectivity index (χ0) is 23.1. The van der Waals surface area contributed by atoms with Crippen molar-refractivity contribution in [2.45, 2.75) is 46.3 Å². The van der Waals surface area contributed by atoms with Gasteiger partial charge >= 0.3 is 0 Å². The van der Waals surface area contributed by atoms with Gasteiger partial charge in [0.05, 0.1) is 19.8 Å². The molecule has 0 saturated carbocycles. The van der Waals surface area contributed by atoms with Crippen LogP contribution in [0.5, 0.6) is 0 Å². The lowest BCUT2D eigenvalue weighted by molar-refractivity contribution is 0.0376. The number of aromatic nitrogens is 3. The first-order chi connectivity index (χ1) is 15.3. The number of rotatable bonds is 9. The van der Waals surface area contributed by atoms with Crippen molar-refractivity contribution in [1.29, 1.82) is 0 Å². The van der Waals surface area contributed by atoms with E-state index in [0.717, 1.165) is 74.5 Å². The van der Waals surface area contributed by atoms with E-state index in [1.807, 2.05) is 38.5 Å². The van der Waals surface area contributed by atoms with Crippen molar-refractivity contribution in [2.75, 3.05) is 45.9 Å². The number of nitrogens with zero attached hydrogens (tertiary/aromatic N) is 5. The highest BCUT2D eigenvalue weighted by Gasteiger charge is 2.28. The summed E-state index contributed by atoms with van der Waals surface area (Å²) in [6.45, 7) is 13.5. The summed E-state index contributed by atoms with van der Waals surface area (Å²) >= 11 is 0. The molecule has 3 N–H and O–H groups in total. The van der Waals surface area contributed by atoms with Crippen LogP contribution in [-0.4, -0.2) is 76.7 Å². The minimum Gasteiger partial charge on any atom is -0.466 e. The van der Waals surface area contributed by atoms with Crippen LogP contribution in [0.2, 0.25) is 0 Å². The molecule has 33 heavy (non-hydrogen) atoms. The zero-order valence-electron chi connectivity index (χ0n) is 20.3. The Labute approximate surface area is 213 Å². The fourth-order valence-electron chi connectivity index (χ4n) is 3.76. The Morgan fingerprint density at radius 1 is 1.21 bits per heavy atom. The Kier molecular flexibility index (Phi) is 10.6. The number of hydrogen-bond acceptors (Lipinski definition) is 7. The molecule has 2 aromatic heterocycles. The Bertz CT molecular complexity index is 904. The third kappa shape index (κ3) is 7.94. The molecule has 0 spiro atoms. The van der Waals surface area contributed by atoms with Crippen LogP contribution in [0, 0.1) is 20.8 Å². The van der Waals surface area contributed by atoms with Crippen LogP contribution in [0.15, 0.2) is 15.5 Å². The average molecular weight is 575 g/mol. The number of nitrogens with one attached hydrogen (secondary N) is 2. The summed E-state index contributed by atoms with van der Waals surface area (Å²) < 4.78 is 12.9. The standard InChI is InChI=1S/C22H37N7O3.HI/c1-16-13-19(17(2)32-16)22(4,30)15-25-21(24-14-20-27-26-18(3)28(20)5)23-7-6-8-29-9-11-31-12-10-29;/h13,30H,6-12,14-15H2,1-5H3,(H2,23,24,25);1H. The molecule has 1 saturated heterocycles. The first-order valence-corrected chi connectivity index (χ1v) is 11.2. The summed E-state index contributed by atoms with van der Waals surface area (Å²) in [6.07, 6.45) is 0.986. The Balaban J connectivity index is 0.00000385. The molecular formula is C22H38IN7O3. The van der Waals surface area contributed by atoms with Crippen LogP contribution in [-0.2, 0) is 23.9 Å². The van der Waals surface area contributed by atoms with Crippen molar-refractivity contribution in [1.82, 2.24) is 30.3 Å². The van der Waals surface area contributed by atoms with Gasteiger partial charge in [0.25, 0.3) is 0 Å². The second-order valence-corrected chi connectivity index (χ2v) is 8.58. The van der Waals surface area contributed by atoms with E-state index in [9.17, 15) is 5.11 Å². The third-order valence-electron chi connectivity index (χ3n) is 5.83. The van der Waals surface area contributed by atoms with Gasteiger partial charge in [-0.1, -0.05) is 0 Å². The van der Waals surface area contributed by atoms with Gasteiger partial charge in [0.1, 0.15) is 29.5 Å². The smallest absolute Gasteiger partial charge is 0.191 e. The number of furan rings is 1. The molecule has 1 atom stereocenters. The highest BCUT2D eigenvalue weighted by molar-refractivity contribution is 14.0. The Hall–Kier alpha value is -1.70. The van der Waals surface area contributed by atoms with Gasteiger partial charge in [-0.2, -0.15) is 0 Å². The van der Waals surface area contributed by atoms with E-state index in [1.165, 1.54) is 0 Å². The normalized spacial score (nSPS) is 16.8. The van der Waals surface area contributed by atoms with E-state index in [4.69, 9.17) is 9.15 Å². The van der Waals surface area contributed by atoms with Gasteiger partial charge in [0.2, 0.25) is 0 Å².